The first-order chi connectivity index (χ1) is 8.47. The van der Waals surface area contributed by atoms with Crippen LogP contribution >= 0.6 is 0 Å². The molecule has 1 fully saturated rings. The number of carbonyl (C=O) groups excluding carboxylic acids is 1. The third kappa shape index (κ3) is 3.35. The summed E-state index contributed by atoms with van der Waals surface area (Å²) in [5, 5.41) is 0. The fraction of sp³-hybridized carbons (Fsp3) is 0.500. The molecule has 2 N–H and O–H groups in total. The molecule has 1 saturated carbocycles. The number of hydrogen-bond acceptors (Lipinski definition) is 2. The number of halogens is 2. The molecule has 0 amide bonds. The Balaban J connectivity index is 1.98. The first kappa shape index (κ1) is 13.1. The molecule has 18 heavy (non-hydrogen) atoms. The van der Waals surface area contributed by atoms with E-state index in [1.807, 2.05) is 0 Å². The second-order valence-corrected chi connectivity index (χ2v) is 5.24. The minimum atomic E-state index is -0.652. The number of carbonyl (C=O) groups is 1. The monoisotopic (exact) mass is 253 g/mol. The predicted molar refractivity (Wildman–Crippen MR) is 65.1 cm³/mol. The van der Waals surface area contributed by atoms with Gasteiger partial charge in [-0.1, -0.05) is 12.8 Å². The Hall–Kier alpha value is -1.29. The van der Waals surface area contributed by atoms with Gasteiger partial charge in [0.25, 0.3) is 0 Å². The minimum Gasteiger partial charge on any atom is -0.325 e. The molecule has 2 nitrogen and oxygen atoms in total. The molecule has 1 aromatic rings. The van der Waals surface area contributed by atoms with Gasteiger partial charge in [0.05, 0.1) is 0 Å². The fourth-order valence-corrected chi connectivity index (χ4v) is 2.65. The molecule has 1 aromatic carbocycles. The highest BCUT2D eigenvalue weighted by molar-refractivity contribution is 5.82. The van der Waals surface area contributed by atoms with Gasteiger partial charge in [-0.05, 0) is 30.5 Å². The van der Waals surface area contributed by atoms with E-state index >= 15 is 0 Å². The zero-order valence-electron chi connectivity index (χ0n) is 10.2. The van der Waals surface area contributed by atoms with Crippen molar-refractivity contribution >= 4 is 5.78 Å². The zero-order valence-corrected chi connectivity index (χ0v) is 10.2. The van der Waals surface area contributed by atoms with Crippen molar-refractivity contribution in [2.75, 3.05) is 0 Å². The van der Waals surface area contributed by atoms with Gasteiger partial charge in [-0.2, -0.15) is 0 Å². The van der Waals surface area contributed by atoms with Crippen LogP contribution in [-0.2, 0) is 11.2 Å². The smallest absolute Gasteiger partial charge is 0.139 e. The van der Waals surface area contributed by atoms with Crippen molar-refractivity contribution in [1.82, 2.24) is 0 Å². The van der Waals surface area contributed by atoms with Gasteiger partial charge in [0.15, 0.2) is 0 Å². The molecule has 4 heteroatoms. The van der Waals surface area contributed by atoms with E-state index in [4.69, 9.17) is 5.73 Å². The van der Waals surface area contributed by atoms with E-state index in [9.17, 15) is 13.6 Å². The highest BCUT2D eigenvalue weighted by Gasteiger charge is 2.31. The Morgan fingerprint density at radius 3 is 2.28 bits per heavy atom. The number of Topliss-reactive ketones (excluding diaryl/α,β-unsaturated/α-hetero) is 1. The lowest BCUT2D eigenvalue weighted by Crippen LogP contribution is -2.39. The summed E-state index contributed by atoms with van der Waals surface area (Å²) in [5.41, 5.74) is 6.08. The average molecular weight is 253 g/mol. The predicted octanol–water partition coefficient (Wildman–Crippen LogP) is 2.74. The Morgan fingerprint density at radius 2 is 1.72 bits per heavy atom. The van der Waals surface area contributed by atoms with E-state index in [1.54, 1.807) is 0 Å². The molecule has 0 spiro atoms. The summed E-state index contributed by atoms with van der Waals surface area (Å²) < 4.78 is 26.0. The van der Waals surface area contributed by atoms with Crippen molar-refractivity contribution in [3.8, 4) is 0 Å². The third-order valence-electron chi connectivity index (χ3n) is 3.47. The molecule has 0 aromatic heterocycles. The SMILES string of the molecule is NC1(CC(=O)Cc2cc(F)cc(F)c2)CCCC1. The van der Waals surface area contributed by atoms with Crippen LogP contribution in [0, 0.1) is 11.6 Å². The van der Waals surface area contributed by atoms with Crippen LogP contribution in [0.15, 0.2) is 18.2 Å². The molecule has 0 radical (unpaired) electrons. The van der Waals surface area contributed by atoms with Gasteiger partial charge < -0.3 is 5.73 Å². The standard InChI is InChI=1S/C14H17F2NO/c15-11-5-10(6-12(16)8-11)7-13(18)9-14(17)3-1-2-4-14/h5-6,8H,1-4,7,9,17H2. The van der Waals surface area contributed by atoms with E-state index in [-0.39, 0.29) is 12.2 Å². The summed E-state index contributed by atoms with van der Waals surface area (Å²) in [6, 6.07) is 3.19. The first-order valence-corrected chi connectivity index (χ1v) is 6.22. The molecule has 0 saturated heterocycles. The molecule has 0 heterocycles. The summed E-state index contributed by atoms with van der Waals surface area (Å²) in [6.07, 6.45) is 4.17. The van der Waals surface area contributed by atoms with Gasteiger partial charge in [-0.3, -0.25) is 4.79 Å². The Bertz CT molecular complexity index is 433. The maximum absolute atomic E-state index is 13.0. The topological polar surface area (TPSA) is 43.1 Å². The zero-order chi connectivity index (χ0) is 13.2. The lowest BCUT2D eigenvalue weighted by molar-refractivity contribution is -0.119. The fourth-order valence-electron chi connectivity index (χ4n) is 2.65. The van der Waals surface area contributed by atoms with Gasteiger partial charge >= 0.3 is 0 Å². The second kappa shape index (κ2) is 5.14. The number of rotatable bonds is 4. The van der Waals surface area contributed by atoms with E-state index in [0.717, 1.165) is 31.7 Å². The molecule has 1 aliphatic rings. The minimum absolute atomic E-state index is 0.0492. The average Bonchev–Trinajstić information content (AvgIpc) is 2.62. The summed E-state index contributed by atoms with van der Waals surface area (Å²) in [5.74, 6) is -1.35. The number of ketones is 1. The van der Waals surface area contributed by atoms with Crippen LogP contribution in [0.1, 0.15) is 37.7 Å². The number of benzene rings is 1. The van der Waals surface area contributed by atoms with Crippen LogP contribution < -0.4 is 5.73 Å². The Kier molecular flexibility index (Phi) is 3.76. The van der Waals surface area contributed by atoms with Gasteiger partial charge in [-0.25, -0.2) is 8.78 Å². The van der Waals surface area contributed by atoms with Gasteiger partial charge in [-0.15, -0.1) is 0 Å². The summed E-state index contributed by atoms with van der Waals surface area (Å²) in [4.78, 5) is 11.9. The van der Waals surface area contributed by atoms with Crippen LogP contribution in [0.2, 0.25) is 0 Å². The molecule has 2 rings (SSSR count). The van der Waals surface area contributed by atoms with Crippen molar-refractivity contribution in [2.24, 2.45) is 5.73 Å². The first-order valence-electron chi connectivity index (χ1n) is 6.22. The van der Waals surface area contributed by atoms with Gasteiger partial charge in [0.2, 0.25) is 0 Å². The maximum Gasteiger partial charge on any atom is 0.139 e. The normalized spacial score (nSPS) is 17.9. The summed E-state index contributed by atoms with van der Waals surface area (Å²) in [6.45, 7) is 0. The molecular weight excluding hydrogens is 236 g/mol. The van der Waals surface area contributed by atoms with E-state index in [1.165, 1.54) is 12.1 Å². The highest BCUT2D eigenvalue weighted by Crippen LogP contribution is 2.30. The van der Waals surface area contributed by atoms with Gasteiger partial charge in [0.1, 0.15) is 17.4 Å². The Labute approximate surface area is 105 Å². The quantitative estimate of drug-likeness (QED) is 0.896. The molecule has 0 atom stereocenters. The van der Waals surface area contributed by atoms with Crippen molar-refractivity contribution in [2.45, 2.75) is 44.1 Å². The molecule has 0 aliphatic heterocycles. The Morgan fingerprint density at radius 1 is 1.17 bits per heavy atom. The van der Waals surface area contributed by atoms with Crippen LogP contribution in [0.25, 0.3) is 0 Å². The second-order valence-electron chi connectivity index (χ2n) is 5.24. The van der Waals surface area contributed by atoms with Crippen molar-refractivity contribution < 1.29 is 13.6 Å². The van der Waals surface area contributed by atoms with Crippen molar-refractivity contribution in [1.29, 1.82) is 0 Å². The van der Waals surface area contributed by atoms with Crippen LogP contribution in [-0.4, -0.2) is 11.3 Å². The number of nitrogens with two attached hydrogens (primary N) is 1. The number of hydrogen-bond donors (Lipinski definition) is 1. The van der Waals surface area contributed by atoms with Crippen LogP contribution in [0.3, 0.4) is 0 Å². The van der Waals surface area contributed by atoms with Crippen LogP contribution in [0.5, 0.6) is 0 Å². The summed E-state index contributed by atoms with van der Waals surface area (Å²) in [7, 11) is 0. The molecule has 0 bridgehead atoms. The van der Waals surface area contributed by atoms with Gasteiger partial charge in [0, 0.05) is 24.4 Å². The third-order valence-corrected chi connectivity index (χ3v) is 3.47. The van der Waals surface area contributed by atoms with Crippen LogP contribution in [0.4, 0.5) is 8.78 Å². The molecular formula is C14H17F2NO. The lowest BCUT2D eigenvalue weighted by atomic mass is 9.90. The summed E-state index contributed by atoms with van der Waals surface area (Å²) >= 11 is 0. The maximum atomic E-state index is 13.0. The molecule has 98 valence electrons. The molecule has 0 unspecified atom stereocenters. The lowest BCUT2D eigenvalue weighted by Gasteiger charge is -2.22. The van der Waals surface area contributed by atoms with E-state index < -0.39 is 17.2 Å². The molecule has 1 aliphatic carbocycles. The highest BCUT2D eigenvalue weighted by atomic mass is 19.1. The van der Waals surface area contributed by atoms with E-state index in [0.29, 0.717) is 12.0 Å². The largest absolute Gasteiger partial charge is 0.325 e. The van der Waals surface area contributed by atoms with E-state index in [2.05, 4.69) is 0 Å². The van der Waals surface area contributed by atoms with Crippen molar-refractivity contribution in [3.05, 3.63) is 35.4 Å². The van der Waals surface area contributed by atoms with Crippen molar-refractivity contribution in [3.63, 3.8) is 0 Å².